The number of unbranched alkanes of at least 4 members (excludes halogenated alkanes) is 9. The van der Waals surface area contributed by atoms with E-state index in [-0.39, 0.29) is 29.6 Å². The van der Waals surface area contributed by atoms with Gasteiger partial charge >= 0.3 is 45.9 Å². The molecule has 0 aliphatic heterocycles. The molecule has 0 aromatic heterocycles. The normalized spacial score (nSPS) is 11.4. The van der Waals surface area contributed by atoms with Crippen molar-refractivity contribution in [2.75, 3.05) is 0 Å². The van der Waals surface area contributed by atoms with E-state index < -0.39 is 22.4 Å². The Bertz CT molecular complexity index is 387. The molecular formula is C18H40NNaO6S. The second-order valence-electron chi connectivity index (χ2n) is 6.70. The van der Waals surface area contributed by atoms with Crippen LogP contribution >= 0.6 is 0 Å². The maximum absolute atomic E-state index is 10.1. The summed E-state index contributed by atoms with van der Waals surface area (Å²) in [4.78, 5) is 10.1. The molecule has 160 valence electrons. The zero-order valence-corrected chi connectivity index (χ0v) is 20.5. The Labute approximate surface area is 188 Å². The van der Waals surface area contributed by atoms with Gasteiger partial charge in [0.15, 0.2) is 0 Å². The molecule has 0 amide bonds. The van der Waals surface area contributed by atoms with E-state index in [4.69, 9.17) is 28.4 Å². The number of hydrogen-bond acceptors (Lipinski definition) is 4. The molecule has 0 spiro atoms. The molecule has 1 unspecified atom stereocenters. The van der Waals surface area contributed by atoms with Gasteiger partial charge in [-0.2, -0.15) is 14.8 Å². The van der Waals surface area contributed by atoms with Crippen LogP contribution in [-0.2, 0) is 15.2 Å². The van der Waals surface area contributed by atoms with E-state index in [0.717, 1.165) is 6.42 Å². The molecule has 7 nitrogen and oxygen atoms in total. The Morgan fingerprint density at radius 2 is 1.30 bits per heavy atom. The molecule has 5 N–H and O–H groups in total. The van der Waals surface area contributed by atoms with E-state index >= 15 is 0 Å². The fourth-order valence-corrected chi connectivity index (χ4v) is 2.10. The molecular weight excluding hydrogens is 381 g/mol. The summed E-state index contributed by atoms with van der Waals surface area (Å²) in [6.07, 6.45) is 14.4. The van der Waals surface area contributed by atoms with Crippen LogP contribution in [0.1, 0.15) is 91.4 Å². The van der Waals surface area contributed by atoms with Crippen LogP contribution in [0.4, 0.5) is 0 Å². The Morgan fingerprint density at radius 3 is 1.52 bits per heavy atom. The summed E-state index contributed by atoms with van der Waals surface area (Å²) in [6, 6.07) is -0.690. The molecule has 0 heterocycles. The average molecular weight is 422 g/mol. The van der Waals surface area contributed by atoms with Gasteiger partial charge in [-0.05, 0) is 12.3 Å². The fraction of sp³-hybridized carbons (Fsp3) is 0.889. The van der Waals surface area contributed by atoms with Crippen LogP contribution in [0.3, 0.4) is 0 Å². The van der Waals surface area contributed by atoms with Crippen LogP contribution in [0.25, 0.3) is 0 Å². The topological polar surface area (TPSA) is 138 Å². The van der Waals surface area contributed by atoms with Crippen molar-refractivity contribution in [1.29, 1.82) is 0 Å². The Kier molecular flexibility index (Phi) is 31.4. The third-order valence-electron chi connectivity index (χ3n) is 3.40. The van der Waals surface area contributed by atoms with Gasteiger partial charge in [0.2, 0.25) is 0 Å². The van der Waals surface area contributed by atoms with Gasteiger partial charge in [0, 0.05) is 0 Å². The van der Waals surface area contributed by atoms with Gasteiger partial charge < -0.3 is 17.8 Å². The summed E-state index contributed by atoms with van der Waals surface area (Å²) in [7, 11) is -4.67. The number of carbonyl (C=O) groups is 1. The van der Waals surface area contributed by atoms with E-state index in [1.54, 1.807) is 0 Å². The van der Waals surface area contributed by atoms with Crippen LogP contribution in [0.15, 0.2) is 0 Å². The molecule has 0 aliphatic carbocycles. The van der Waals surface area contributed by atoms with Gasteiger partial charge in [-0.1, -0.05) is 78.6 Å². The summed E-state index contributed by atoms with van der Waals surface area (Å²) in [6.45, 7) is 10.0. The standard InChI is InChI=1S/C12H25.C6H13NO2.Na.H2O4S/c1-3-5-7-9-11-12-10-8-6-4-2;1-4(2)3-5(7)6(8)9;;1-5(2,3)4/h1,3-12H2,2H3;4-5H,3,7H2,1-2H3,(H,8,9);;(H2,1,2,3,4)/q-1;;+1;. The van der Waals surface area contributed by atoms with Gasteiger partial charge in [0.1, 0.15) is 6.04 Å². The Hall–Kier alpha value is 0.300. The van der Waals surface area contributed by atoms with Crippen molar-refractivity contribution in [3.63, 3.8) is 0 Å². The van der Waals surface area contributed by atoms with Gasteiger partial charge in [-0.15, -0.1) is 0 Å². The minimum Gasteiger partial charge on any atom is -0.480 e. The number of nitrogens with two attached hydrogens (primary N) is 1. The zero-order chi connectivity index (χ0) is 21.0. The smallest absolute Gasteiger partial charge is 0.480 e. The van der Waals surface area contributed by atoms with Crippen molar-refractivity contribution in [3.05, 3.63) is 6.92 Å². The minimum absolute atomic E-state index is 0. The van der Waals surface area contributed by atoms with Crippen LogP contribution in [0.2, 0.25) is 0 Å². The van der Waals surface area contributed by atoms with Crippen LogP contribution in [0.5, 0.6) is 0 Å². The Morgan fingerprint density at radius 1 is 0.963 bits per heavy atom. The predicted molar refractivity (Wildman–Crippen MR) is 106 cm³/mol. The maximum atomic E-state index is 10.1. The molecule has 0 saturated heterocycles. The second-order valence-corrected chi connectivity index (χ2v) is 7.60. The summed E-state index contributed by atoms with van der Waals surface area (Å²) < 4.78 is 31.6. The quantitative estimate of drug-likeness (QED) is 0.162. The van der Waals surface area contributed by atoms with E-state index in [1.165, 1.54) is 57.8 Å². The van der Waals surface area contributed by atoms with Gasteiger partial charge in [0.25, 0.3) is 0 Å². The molecule has 0 aromatic rings. The first-order chi connectivity index (χ1) is 12.0. The summed E-state index contributed by atoms with van der Waals surface area (Å²) in [5, 5.41) is 8.31. The summed E-state index contributed by atoms with van der Waals surface area (Å²) >= 11 is 0. The predicted octanol–water partition coefficient (Wildman–Crippen LogP) is 1.54. The SMILES string of the molecule is CC(C)CC(N)C(=O)O.O=S(=O)(O)O.[CH2-]CCCCCCCCCCC.[Na+]. The second kappa shape index (κ2) is 24.3. The largest absolute Gasteiger partial charge is 1.00 e. The molecule has 0 aliphatic rings. The fourth-order valence-electron chi connectivity index (χ4n) is 2.10. The molecule has 0 fully saturated rings. The third kappa shape index (κ3) is 51.9. The molecule has 1 atom stereocenters. The van der Waals surface area contributed by atoms with Crippen molar-refractivity contribution in [2.24, 2.45) is 11.7 Å². The van der Waals surface area contributed by atoms with Crippen molar-refractivity contribution in [3.8, 4) is 0 Å². The van der Waals surface area contributed by atoms with Crippen molar-refractivity contribution >= 4 is 16.4 Å². The maximum Gasteiger partial charge on any atom is 1.00 e. The monoisotopic (exact) mass is 421 g/mol. The van der Waals surface area contributed by atoms with Crippen molar-refractivity contribution < 1.29 is 57.0 Å². The number of carboxylic acids is 1. The van der Waals surface area contributed by atoms with E-state index in [0.29, 0.717) is 12.3 Å². The first-order valence-corrected chi connectivity index (χ1v) is 10.8. The number of hydrogen-bond donors (Lipinski definition) is 4. The first kappa shape index (κ1) is 34.8. The van der Waals surface area contributed by atoms with Gasteiger partial charge in [-0.25, -0.2) is 0 Å². The van der Waals surface area contributed by atoms with Crippen LogP contribution in [0, 0.1) is 12.8 Å². The zero-order valence-electron chi connectivity index (χ0n) is 17.7. The first-order valence-electron chi connectivity index (χ1n) is 9.43. The average Bonchev–Trinajstić information content (AvgIpc) is 2.48. The molecule has 0 radical (unpaired) electrons. The van der Waals surface area contributed by atoms with E-state index in [2.05, 4.69) is 13.8 Å². The third-order valence-corrected chi connectivity index (χ3v) is 3.40. The molecule has 27 heavy (non-hydrogen) atoms. The minimum atomic E-state index is -4.67. The summed E-state index contributed by atoms with van der Waals surface area (Å²) in [5.41, 5.74) is 5.22. The van der Waals surface area contributed by atoms with Crippen molar-refractivity contribution in [2.45, 2.75) is 97.4 Å². The van der Waals surface area contributed by atoms with E-state index in [9.17, 15) is 4.79 Å². The van der Waals surface area contributed by atoms with Crippen LogP contribution in [-0.4, -0.2) is 34.6 Å². The molecule has 0 aromatic carbocycles. The van der Waals surface area contributed by atoms with E-state index in [1.807, 2.05) is 13.8 Å². The van der Waals surface area contributed by atoms with Gasteiger partial charge in [0.05, 0.1) is 0 Å². The Balaban J connectivity index is -0.000000156. The van der Waals surface area contributed by atoms with Crippen LogP contribution < -0.4 is 35.3 Å². The molecule has 0 saturated carbocycles. The number of aliphatic carboxylic acids is 1. The number of rotatable bonds is 12. The van der Waals surface area contributed by atoms with Gasteiger partial charge in [-0.3, -0.25) is 13.9 Å². The molecule has 9 heteroatoms. The number of carboxylic acid groups (broad SMARTS) is 1. The summed E-state index contributed by atoms with van der Waals surface area (Å²) in [5.74, 6) is -0.556. The molecule has 0 bridgehead atoms. The molecule has 0 rings (SSSR count). The van der Waals surface area contributed by atoms with Crippen molar-refractivity contribution in [1.82, 2.24) is 0 Å².